The Balaban J connectivity index is 2.67. The molecule has 1 atom stereocenters. The molecule has 78 valence electrons. The molecule has 0 spiro atoms. The maximum absolute atomic E-state index is 11.6. The van der Waals surface area contributed by atoms with Gasteiger partial charge in [-0.15, -0.1) is 12.3 Å². The van der Waals surface area contributed by atoms with Crippen molar-refractivity contribution < 1.29 is 4.79 Å². The molecule has 0 fully saturated rings. The normalized spacial score (nSPS) is 11.5. The quantitative estimate of drug-likeness (QED) is 0.748. The molecule has 0 aromatic heterocycles. The first-order valence-electron chi connectivity index (χ1n) is 4.95. The number of nitrogens with one attached hydrogen (secondary N) is 1. The average molecular weight is 201 g/mol. The number of hydrogen-bond acceptors (Lipinski definition) is 1. The fourth-order valence-electron chi connectivity index (χ4n) is 1.24. The zero-order valence-electron chi connectivity index (χ0n) is 9.08. The van der Waals surface area contributed by atoms with Gasteiger partial charge in [0.25, 0.3) is 0 Å². The number of benzene rings is 1. The lowest BCUT2D eigenvalue weighted by atomic mass is 10.1. The summed E-state index contributed by atoms with van der Waals surface area (Å²) in [4.78, 5) is 11.6. The first-order valence-corrected chi connectivity index (χ1v) is 4.95. The Bertz CT molecular complexity index is 390. The second kappa shape index (κ2) is 5.21. The Kier molecular flexibility index (Phi) is 3.93. The number of carbonyl (C=O) groups excluding carboxylic acids is 1. The number of amides is 1. The van der Waals surface area contributed by atoms with E-state index in [2.05, 4.69) is 11.2 Å². The molecule has 1 N–H and O–H groups in total. The van der Waals surface area contributed by atoms with Crippen molar-refractivity contribution in [2.24, 2.45) is 5.92 Å². The highest BCUT2D eigenvalue weighted by Gasteiger charge is 2.11. The lowest BCUT2D eigenvalue weighted by Gasteiger charge is -2.11. The van der Waals surface area contributed by atoms with Gasteiger partial charge >= 0.3 is 0 Å². The molecular weight excluding hydrogens is 186 g/mol. The zero-order valence-corrected chi connectivity index (χ0v) is 9.08. The molecule has 0 radical (unpaired) electrons. The van der Waals surface area contributed by atoms with Crippen LogP contribution in [-0.2, 0) is 4.79 Å². The van der Waals surface area contributed by atoms with Crippen molar-refractivity contribution in [2.45, 2.75) is 20.3 Å². The summed E-state index contributed by atoms with van der Waals surface area (Å²) >= 11 is 0. The van der Waals surface area contributed by atoms with E-state index in [9.17, 15) is 4.79 Å². The Hall–Kier alpha value is -1.75. The van der Waals surface area contributed by atoms with Crippen LogP contribution in [0.3, 0.4) is 0 Å². The smallest absolute Gasteiger partial charge is 0.228 e. The van der Waals surface area contributed by atoms with Gasteiger partial charge in [-0.1, -0.05) is 25.1 Å². The number of hydrogen-bond donors (Lipinski definition) is 1. The van der Waals surface area contributed by atoms with E-state index in [0.717, 1.165) is 11.3 Å². The topological polar surface area (TPSA) is 29.1 Å². The Labute approximate surface area is 90.7 Å². The maximum Gasteiger partial charge on any atom is 0.228 e. The molecular formula is C13H15NO. The number of anilines is 1. The third kappa shape index (κ3) is 3.14. The van der Waals surface area contributed by atoms with Gasteiger partial charge in [0.1, 0.15) is 0 Å². The molecule has 1 unspecified atom stereocenters. The van der Waals surface area contributed by atoms with Crippen molar-refractivity contribution >= 4 is 11.6 Å². The van der Waals surface area contributed by atoms with E-state index in [1.54, 1.807) is 0 Å². The molecule has 0 aliphatic rings. The van der Waals surface area contributed by atoms with Crippen LogP contribution in [0, 0.1) is 25.2 Å². The van der Waals surface area contributed by atoms with Crippen LogP contribution in [0.25, 0.3) is 0 Å². The molecule has 15 heavy (non-hydrogen) atoms. The zero-order chi connectivity index (χ0) is 11.3. The summed E-state index contributed by atoms with van der Waals surface area (Å²) in [5.41, 5.74) is 1.91. The van der Waals surface area contributed by atoms with Gasteiger partial charge in [-0.05, 0) is 18.6 Å². The SMILES string of the molecule is C#CCC(C)C(=O)Nc1ccccc1C. The summed E-state index contributed by atoms with van der Waals surface area (Å²) in [5.74, 6) is 2.32. The minimum atomic E-state index is -0.144. The molecule has 0 aliphatic carbocycles. The predicted octanol–water partition coefficient (Wildman–Crippen LogP) is 2.59. The highest BCUT2D eigenvalue weighted by atomic mass is 16.1. The third-order valence-corrected chi connectivity index (χ3v) is 2.27. The lowest BCUT2D eigenvalue weighted by Crippen LogP contribution is -2.20. The molecule has 2 nitrogen and oxygen atoms in total. The Morgan fingerprint density at radius 3 is 2.80 bits per heavy atom. The van der Waals surface area contributed by atoms with Crippen molar-refractivity contribution in [1.29, 1.82) is 0 Å². The maximum atomic E-state index is 11.6. The lowest BCUT2D eigenvalue weighted by molar-refractivity contribution is -0.119. The minimum absolute atomic E-state index is 0.0257. The van der Waals surface area contributed by atoms with Gasteiger partial charge < -0.3 is 5.32 Å². The van der Waals surface area contributed by atoms with Crippen molar-refractivity contribution in [2.75, 3.05) is 5.32 Å². The molecule has 1 rings (SSSR count). The predicted molar refractivity (Wildman–Crippen MR) is 62.4 cm³/mol. The van der Waals surface area contributed by atoms with Crippen LogP contribution in [0.15, 0.2) is 24.3 Å². The summed E-state index contributed by atoms with van der Waals surface area (Å²) in [6, 6.07) is 7.68. The number of carbonyl (C=O) groups is 1. The second-order valence-corrected chi connectivity index (χ2v) is 3.61. The molecule has 1 amide bonds. The minimum Gasteiger partial charge on any atom is -0.326 e. The highest BCUT2D eigenvalue weighted by Crippen LogP contribution is 2.14. The third-order valence-electron chi connectivity index (χ3n) is 2.27. The molecule has 0 bridgehead atoms. The van der Waals surface area contributed by atoms with Crippen LogP contribution >= 0.6 is 0 Å². The van der Waals surface area contributed by atoms with Crippen LogP contribution in [0.2, 0.25) is 0 Å². The molecule has 1 aromatic carbocycles. The van der Waals surface area contributed by atoms with Crippen LogP contribution in [0.5, 0.6) is 0 Å². The molecule has 1 aromatic rings. The monoisotopic (exact) mass is 201 g/mol. The summed E-state index contributed by atoms with van der Waals surface area (Å²) in [6.45, 7) is 3.79. The fraction of sp³-hybridized carbons (Fsp3) is 0.308. The highest BCUT2D eigenvalue weighted by molar-refractivity contribution is 5.93. The van der Waals surface area contributed by atoms with E-state index in [0.29, 0.717) is 6.42 Å². The summed E-state index contributed by atoms with van der Waals surface area (Å²) in [7, 11) is 0. The summed E-state index contributed by atoms with van der Waals surface area (Å²) in [6.07, 6.45) is 5.63. The first kappa shape index (κ1) is 11.3. The molecule has 0 saturated heterocycles. The number of rotatable bonds is 3. The van der Waals surface area contributed by atoms with Gasteiger partial charge in [-0.3, -0.25) is 4.79 Å². The Morgan fingerprint density at radius 1 is 1.53 bits per heavy atom. The van der Waals surface area contributed by atoms with Gasteiger partial charge in [0.05, 0.1) is 0 Å². The van der Waals surface area contributed by atoms with Crippen molar-refractivity contribution in [1.82, 2.24) is 0 Å². The standard InChI is InChI=1S/C13H15NO/c1-4-7-11(3)13(15)14-12-9-6-5-8-10(12)2/h1,5-6,8-9,11H,7H2,2-3H3,(H,14,15). The number of terminal acetylenes is 1. The molecule has 0 aliphatic heterocycles. The first-order chi connectivity index (χ1) is 7.15. The number of para-hydroxylation sites is 1. The van der Waals surface area contributed by atoms with Crippen molar-refractivity contribution in [3.63, 3.8) is 0 Å². The second-order valence-electron chi connectivity index (χ2n) is 3.61. The van der Waals surface area contributed by atoms with Crippen LogP contribution in [0.1, 0.15) is 18.9 Å². The van der Waals surface area contributed by atoms with E-state index in [1.165, 1.54) is 0 Å². The molecule has 0 heterocycles. The molecule has 0 saturated carbocycles. The summed E-state index contributed by atoms with van der Waals surface area (Å²) < 4.78 is 0. The van der Waals surface area contributed by atoms with E-state index in [1.807, 2.05) is 38.1 Å². The Morgan fingerprint density at radius 2 is 2.20 bits per heavy atom. The van der Waals surface area contributed by atoms with Gasteiger partial charge in [0.15, 0.2) is 0 Å². The largest absolute Gasteiger partial charge is 0.326 e. The van der Waals surface area contributed by atoms with E-state index >= 15 is 0 Å². The van der Waals surface area contributed by atoms with Crippen molar-refractivity contribution in [3.8, 4) is 12.3 Å². The van der Waals surface area contributed by atoms with Crippen LogP contribution in [-0.4, -0.2) is 5.91 Å². The number of aryl methyl sites for hydroxylation is 1. The fourth-order valence-corrected chi connectivity index (χ4v) is 1.24. The average Bonchev–Trinajstić information content (AvgIpc) is 2.21. The van der Waals surface area contributed by atoms with E-state index in [4.69, 9.17) is 6.42 Å². The van der Waals surface area contributed by atoms with E-state index < -0.39 is 0 Å². The van der Waals surface area contributed by atoms with Crippen LogP contribution < -0.4 is 5.32 Å². The van der Waals surface area contributed by atoms with E-state index in [-0.39, 0.29) is 11.8 Å². The van der Waals surface area contributed by atoms with Gasteiger partial charge in [-0.2, -0.15) is 0 Å². The summed E-state index contributed by atoms with van der Waals surface area (Å²) in [5, 5.41) is 2.86. The van der Waals surface area contributed by atoms with Crippen LogP contribution in [0.4, 0.5) is 5.69 Å². The van der Waals surface area contributed by atoms with Crippen molar-refractivity contribution in [3.05, 3.63) is 29.8 Å². The van der Waals surface area contributed by atoms with Gasteiger partial charge in [0.2, 0.25) is 5.91 Å². The van der Waals surface area contributed by atoms with Gasteiger partial charge in [-0.25, -0.2) is 0 Å². The molecule has 2 heteroatoms. The van der Waals surface area contributed by atoms with Gasteiger partial charge in [0, 0.05) is 18.0 Å².